The summed E-state index contributed by atoms with van der Waals surface area (Å²) in [6, 6.07) is 6.67. The van der Waals surface area contributed by atoms with Crippen LogP contribution in [0, 0.1) is 10.8 Å². The molecule has 0 fully saturated rings. The zero-order valence-corrected chi connectivity index (χ0v) is 19.2. The molecule has 2 aromatic rings. The largest absolute Gasteiger partial charge is 0.411 e. The third kappa shape index (κ3) is 4.84. The molecule has 0 spiro atoms. The summed E-state index contributed by atoms with van der Waals surface area (Å²) >= 11 is 0. The molecule has 0 radical (unpaired) electrons. The maximum absolute atomic E-state index is 14.3. The Labute approximate surface area is 189 Å². The van der Waals surface area contributed by atoms with E-state index in [1.54, 1.807) is 41.5 Å². The van der Waals surface area contributed by atoms with E-state index in [0.717, 1.165) is 24.3 Å². The molecule has 0 unspecified atom stereocenters. The van der Waals surface area contributed by atoms with Crippen molar-refractivity contribution in [1.29, 1.82) is 0 Å². The van der Waals surface area contributed by atoms with Crippen molar-refractivity contribution < 1.29 is 35.9 Å². The highest BCUT2D eigenvalue weighted by molar-refractivity contribution is 6.00. The van der Waals surface area contributed by atoms with Crippen molar-refractivity contribution in [2.75, 3.05) is 0 Å². The van der Waals surface area contributed by atoms with E-state index < -0.39 is 51.3 Å². The van der Waals surface area contributed by atoms with Crippen LogP contribution >= 0.6 is 0 Å². The van der Waals surface area contributed by atoms with Crippen LogP contribution in [0.1, 0.15) is 73.4 Å². The molecule has 33 heavy (non-hydrogen) atoms. The number of hydrogen-bond donors (Lipinski definition) is 0. The summed E-state index contributed by atoms with van der Waals surface area (Å²) in [4.78, 5) is 24.8. The predicted octanol–water partition coefficient (Wildman–Crippen LogP) is 7.55. The van der Waals surface area contributed by atoms with E-state index in [1.807, 2.05) is 0 Å². The third-order valence-electron chi connectivity index (χ3n) is 5.37. The summed E-state index contributed by atoms with van der Waals surface area (Å²) in [6.07, 6.45) is -11.5. The van der Waals surface area contributed by atoms with Crippen LogP contribution in [-0.4, -0.2) is 23.9 Å². The molecule has 0 aromatic heterocycles. The molecule has 0 amide bonds. The van der Waals surface area contributed by atoms with Crippen molar-refractivity contribution >= 4 is 11.6 Å². The van der Waals surface area contributed by atoms with Gasteiger partial charge < -0.3 is 0 Å². The topological polar surface area (TPSA) is 34.1 Å². The number of alkyl halides is 6. The number of rotatable bonds is 4. The zero-order chi connectivity index (χ0) is 25.6. The number of benzene rings is 2. The number of hydrogen-bond acceptors (Lipinski definition) is 2. The molecule has 0 aliphatic heterocycles. The van der Waals surface area contributed by atoms with Crippen LogP contribution in [0.5, 0.6) is 0 Å². The Morgan fingerprint density at radius 3 is 0.939 bits per heavy atom. The van der Waals surface area contributed by atoms with Crippen LogP contribution in [-0.2, 0) is 5.41 Å². The summed E-state index contributed by atoms with van der Waals surface area (Å²) < 4.78 is 85.7. The summed E-state index contributed by atoms with van der Waals surface area (Å²) in [5.41, 5.74) is -8.17. The molecule has 0 heterocycles. The second-order valence-corrected chi connectivity index (χ2v) is 10.1. The molecule has 0 atom stereocenters. The van der Waals surface area contributed by atoms with Gasteiger partial charge in [0.1, 0.15) is 0 Å². The number of ketones is 2. The average molecular weight is 472 g/mol. The Kier molecular flexibility index (Phi) is 6.69. The minimum absolute atomic E-state index is 0.00983. The molecular weight excluding hydrogens is 446 g/mol. The van der Waals surface area contributed by atoms with E-state index in [4.69, 9.17) is 0 Å². The molecule has 2 rings (SSSR count). The molecule has 0 saturated heterocycles. The molecule has 0 bridgehead atoms. The Balaban J connectivity index is 2.75. The number of carbonyl (C=O) groups excluding carboxylic acids is 2. The summed E-state index contributed by atoms with van der Waals surface area (Å²) in [6.45, 7) is 9.58. The minimum Gasteiger partial charge on any atom is -0.294 e. The highest BCUT2D eigenvalue weighted by Crippen LogP contribution is 2.56. The summed E-state index contributed by atoms with van der Waals surface area (Å²) in [5, 5.41) is 0. The van der Waals surface area contributed by atoms with Crippen LogP contribution in [0.15, 0.2) is 48.5 Å². The molecule has 2 aromatic carbocycles. The van der Waals surface area contributed by atoms with Crippen LogP contribution in [0.2, 0.25) is 0 Å². The third-order valence-corrected chi connectivity index (χ3v) is 5.37. The van der Waals surface area contributed by atoms with Crippen LogP contribution in [0.25, 0.3) is 0 Å². The van der Waals surface area contributed by atoms with Gasteiger partial charge in [0, 0.05) is 22.0 Å². The van der Waals surface area contributed by atoms with Gasteiger partial charge in [-0.3, -0.25) is 9.59 Å². The number of halogens is 6. The van der Waals surface area contributed by atoms with Gasteiger partial charge in [-0.25, -0.2) is 0 Å². The van der Waals surface area contributed by atoms with Gasteiger partial charge in [-0.2, -0.15) is 26.3 Å². The van der Waals surface area contributed by atoms with E-state index in [0.29, 0.717) is 24.3 Å². The summed E-state index contributed by atoms with van der Waals surface area (Å²) in [7, 11) is 0. The van der Waals surface area contributed by atoms with Crippen molar-refractivity contribution in [3.05, 3.63) is 70.8 Å². The lowest BCUT2D eigenvalue weighted by Crippen LogP contribution is -2.54. The molecular formula is C25H26F6O2. The Hall–Kier alpha value is -2.64. The van der Waals surface area contributed by atoms with Crippen molar-refractivity contribution in [3.8, 4) is 0 Å². The van der Waals surface area contributed by atoms with Crippen molar-refractivity contribution in [1.82, 2.24) is 0 Å². The molecule has 0 aliphatic carbocycles. The quantitative estimate of drug-likeness (QED) is 0.340. The van der Waals surface area contributed by atoms with Gasteiger partial charge in [0.05, 0.1) is 0 Å². The zero-order valence-electron chi connectivity index (χ0n) is 19.2. The SMILES string of the molecule is CC(C)(C)C(=O)c1ccc(C(c2ccc(C(=O)C(C)(C)C)cc2)(C(F)(F)F)C(F)(F)F)cc1. The average Bonchev–Trinajstić information content (AvgIpc) is 2.65. The van der Waals surface area contributed by atoms with E-state index in [2.05, 4.69) is 0 Å². The van der Waals surface area contributed by atoms with Crippen molar-refractivity contribution in [3.63, 3.8) is 0 Å². The maximum Gasteiger partial charge on any atom is 0.411 e. The smallest absolute Gasteiger partial charge is 0.294 e. The van der Waals surface area contributed by atoms with Crippen molar-refractivity contribution in [2.45, 2.75) is 59.3 Å². The van der Waals surface area contributed by atoms with Gasteiger partial charge in [-0.15, -0.1) is 0 Å². The van der Waals surface area contributed by atoms with Gasteiger partial charge in [0.15, 0.2) is 11.6 Å². The van der Waals surface area contributed by atoms with Crippen LogP contribution in [0.3, 0.4) is 0 Å². The second-order valence-electron chi connectivity index (χ2n) is 10.1. The fourth-order valence-electron chi connectivity index (χ4n) is 3.59. The first-order valence-electron chi connectivity index (χ1n) is 10.2. The lowest BCUT2D eigenvalue weighted by atomic mass is 9.72. The fourth-order valence-corrected chi connectivity index (χ4v) is 3.59. The Morgan fingerprint density at radius 1 is 0.515 bits per heavy atom. The monoisotopic (exact) mass is 472 g/mol. The molecule has 0 N–H and O–H groups in total. The number of carbonyl (C=O) groups is 2. The van der Waals surface area contributed by atoms with E-state index in [9.17, 15) is 35.9 Å². The summed E-state index contributed by atoms with van der Waals surface area (Å²) in [5.74, 6) is -0.826. The minimum atomic E-state index is -5.75. The maximum atomic E-state index is 14.3. The van der Waals surface area contributed by atoms with Gasteiger partial charge in [0.25, 0.3) is 0 Å². The van der Waals surface area contributed by atoms with Gasteiger partial charge in [-0.05, 0) is 11.1 Å². The first-order chi connectivity index (χ1) is 14.7. The fraction of sp³-hybridized carbons (Fsp3) is 0.440. The highest BCUT2D eigenvalue weighted by Gasteiger charge is 2.72. The van der Waals surface area contributed by atoms with Gasteiger partial charge >= 0.3 is 12.4 Å². The molecule has 2 nitrogen and oxygen atoms in total. The molecule has 180 valence electrons. The molecule has 0 saturated carbocycles. The van der Waals surface area contributed by atoms with Gasteiger partial charge in [0.2, 0.25) is 5.41 Å². The lowest BCUT2D eigenvalue weighted by Gasteiger charge is -2.38. The predicted molar refractivity (Wildman–Crippen MR) is 113 cm³/mol. The Bertz CT molecular complexity index is 930. The van der Waals surface area contributed by atoms with Crippen molar-refractivity contribution in [2.24, 2.45) is 10.8 Å². The number of Topliss-reactive ketones (excluding diaryl/α,β-unsaturated/α-hetero) is 2. The molecule has 0 aliphatic rings. The van der Waals surface area contributed by atoms with Crippen LogP contribution < -0.4 is 0 Å². The van der Waals surface area contributed by atoms with Crippen LogP contribution in [0.4, 0.5) is 26.3 Å². The first kappa shape index (κ1) is 26.6. The lowest BCUT2D eigenvalue weighted by molar-refractivity contribution is -0.288. The Morgan fingerprint density at radius 2 is 0.758 bits per heavy atom. The second kappa shape index (κ2) is 8.29. The van der Waals surface area contributed by atoms with Gasteiger partial charge in [-0.1, -0.05) is 90.1 Å². The van der Waals surface area contributed by atoms with E-state index in [-0.39, 0.29) is 11.1 Å². The standard InChI is InChI=1S/C25H26F6O2/c1-21(2,3)19(32)15-7-11-17(12-8-15)23(24(26,27)28,25(29,30)31)18-13-9-16(10-14-18)20(33)22(4,5)6/h7-14H,1-6H3. The van der Waals surface area contributed by atoms with E-state index >= 15 is 0 Å². The molecule has 8 heteroatoms. The first-order valence-corrected chi connectivity index (χ1v) is 10.2. The van der Waals surface area contributed by atoms with E-state index in [1.165, 1.54) is 0 Å². The highest BCUT2D eigenvalue weighted by atomic mass is 19.4. The normalized spacial score (nSPS) is 13.7.